The monoisotopic (exact) mass is 590 g/mol. The van der Waals surface area contributed by atoms with E-state index in [4.69, 9.17) is 14.6 Å². The van der Waals surface area contributed by atoms with E-state index in [0.29, 0.717) is 0 Å². The number of alkyl halides is 17. The predicted octanol–water partition coefficient (Wildman–Crippen LogP) is 6.15. The molecule has 0 aliphatic carbocycles. The Morgan fingerprint density at radius 2 is 1.03 bits per heavy atom. The van der Waals surface area contributed by atoms with Crippen molar-refractivity contribution in [2.45, 2.75) is 79.3 Å². The molecule has 2 heterocycles. The average Bonchev–Trinajstić information content (AvgIpc) is 3.13. The normalized spacial score (nSPS) is 27.4. The highest BCUT2D eigenvalue weighted by molar-refractivity contribution is 5.15. The number of hydrogen-bond acceptors (Lipinski definition) is 3. The molecule has 2 aliphatic rings. The van der Waals surface area contributed by atoms with Crippen LogP contribution in [-0.4, -0.2) is 78.3 Å². The third-order valence-electron chi connectivity index (χ3n) is 6.09. The van der Waals surface area contributed by atoms with Gasteiger partial charge in [-0.05, 0) is 18.8 Å². The standard InChI is InChI=1S/C17H15F17O3/c18-10(19,3-6-5-36-9-8(6)2-1-7(4-35)37-9)11(20,21)12(22,23)13(24,25)14(26,27)15(28,29)16(30,31)17(32,33)34/h6-9,35H,1-5H2/t6-,7-,8-,9-/m0/s1. The Morgan fingerprint density at radius 1 is 0.595 bits per heavy atom. The second kappa shape index (κ2) is 9.12. The van der Waals surface area contributed by atoms with Gasteiger partial charge in [0.15, 0.2) is 6.29 Å². The van der Waals surface area contributed by atoms with Crippen LogP contribution in [-0.2, 0) is 9.47 Å². The Balaban J connectivity index is 2.40. The smallest absolute Gasteiger partial charge is 0.394 e. The number of halogens is 17. The van der Waals surface area contributed by atoms with Gasteiger partial charge in [-0.25, -0.2) is 0 Å². The van der Waals surface area contributed by atoms with Crippen molar-refractivity contribution in [3.05, 3.63) is 0 Å². The fourth-order valence-corrected chi connectivity index (χ4v) is 3.83. The van der Waals surface area contributed by atoms with Crippen LogP contribution in [0.1, 0.15) is 19.3 Å². The first kappa shape index (κ1) is 31.9. The maximum Gasteiger partial charge on any atom is 0.460 e. The van der Waals surface area contributed by atoms with Gasteiger partial charge in [-0.2, -0.15) is 74.6 Å². The van der Waals surface area contributed by atoms with Gasteiger partial charge < -0.3 is 14.6 Å². The van der Waals surface area contributed by atoms with Crippen molar-refractivity contribution < 1.29 is 89.2 Å². The van der Waals surface area contributed by atoms with Crippen LogP contribution in [0.5, 0.6) is 0 Å². The Kier molecular flexibility index (Phi) is 7.87. The summed E-state index contributed by atoms with van der Waals surface area (Å²) in [6, 6.07) is 0. The first-order chi connectivity index (χ1) is 16.2. The summed E-state index contributed by atoms with van der Waals surface area (Å²) >= 11 is 0. The lowest BCUT2D eigenvalue weighted by atomic mass is 9.81. The lowest BCUT2D eigenvalue weighted by Gasteiger charge is -2.43. The summed E-state index contributed by atoms with van der Waals surface area (Å²) in [4.78, 5) is 0. The molecule has 4 atom stereocenters. The van der Waals surface area contributed by atoms with Gasteiger partial charge in [-0.15, -0.1) is 0 Å². The highest BCUT2D eigenvalue weighted by Crippen LogP contribution is 2.64. The first-order valence-corrected chi connectivity index (χ1v) is 9.84. The van der Waals surface area contributed by atoms with Crippen LogP contribution in [0.4, 0.5) is 74.6 Å². The molecule has 37 heavy (non-hydrogen) atoms. The van der Waals surface area contributed by atoms with E-state index in [-0.39, 0.29) is 12.8 Å². The number of aliphatic hydroxyl groups is 1. The number of fused-ring (bicyclic) bond motifs is 1. The van der Waals surface area contributed by atoms with Crippen LogP contribution in [0.3, 0.4) is 0 Å². The largest absolute Gasteiger partial charge is 0.460 e. The van der Waals surface area contributed by atoms with Crippen LogP contribution < -0.4 is 0 Å². The summed E-state index contributed by atoms with van der Waals surface area (Å²) in [5.74, 6) is -59.6. The van der Waals surface area contributed by atoms with E-state index >= 15 is 0 Å². The van der Waals surface area contributed by atoms with Crippen molar-refractivity contribution in [3.8, 4) is 0 Å². The minimum Gasteiger partial charge on any atom is -0.394 e. The third-order valence-corrected chi connectivity index (χ3v) is 6.09. The molecular weight excluding hydrogens is 575 g/mol. The van der Waals surface area contributed by atoms with Crippen LogP contribution in [0.25, 0.3) is 0 Å². The fourth-order valence-electron chi connectivity index (χ4n) is 3.83. The topological polar surface area (TPSA) is 38.7 Å². The van der Waals surface area contributed by atoms with E-state index in [0.717, 1.165) is 0 Å². The number of ether oxygens (including phenoxy) is 2. The van der Waals surface area contributed by atoms with Crippen molar-refractivity contribution in [1.29, 1.82) is 0 Å². The second-order valence-corrected chi connectivity index (χ2v) is 8.50. The number of rotatable bonds is 9. The molecule has 2 saturated heterocycles. The van der Waals surface area contributed by atoms with Crippen molar-refractivity contribution >= 4 is 0 Å². The van der Waals surface area contributed by atoms with Gasteiger partial charge in [0.25, 0.3) is 0 Å². The van der Waals surface area contributed by atoms with Crippen molar-refractivity contribution in [2.24, 2.45) is 11.8 Å². The molecular formula is C17H15F17O3. The first-order valence-electron chi connectivity index (χ1n) is 9.84. The molecule has 2 rings (SSSR count). The van der Waals surface area contributed by atoms with Crippen molar-refractivity contribution in [1.82, 2.24) is 0 Å². The Morgan fingerprint density at radius 3 is 1.46 bits per heavy atom. The van der Waals surface area contributed by atoms with Gasteiger partial charge in [0, 0.05) is 12.3 Å². The van der Waals surface area contributed by atoms with Gasteiger partial charge >= 0.3 is 47.6 Å². The Hall–Kier alpha value is -1.31. The molecule has 0 unspecified atom stereocenters. The van der Waals surface area contributed by atoms with Crippen molar-refractivity contribution in [2.75, 3.05) is 13.2 Å². The van der Waals surface area contributed by atoms with Crippen LogP contribution in [0.2, 0.25) is 0 Å². The Labute approximate surface area is 194 Å². The number of aliphatic hydroxyl groups excluding tert-OH is 1. The summed E-state index contributed by atoms with van der Waals surface area (Å²) in [6.45, 7) is -1.58. The lowest BCUT2D eigenvalue weighted by Crippen LogP contribution is -2.74. The summed E-state index contributed by atoms with van der Waals surface area (Å²) in [7, 11) is 0. The lowest BCUT2D eigenvalue weighted by molar-refractivity contribution is -0.462. The maximum absolute atomic E-state index is 14.2. The molecule has 3 nitrogen and oxygen atoms in total. The second-order valence-electron chi connectivity index (χ2n) is 8.50. The molecule has 1 N–H and O–H groups in total. The molecule has 0 aromatic heterocycles. The van der Waals surface area contributed by atoms with Gasteiger partial charge in [0.2, 0.25) is 0 Å². The fraction of sp³-hybridized carbons (Fsp3) is 1.00. The summed E-state index contributed by atoms with van der Waals surface area (Å²) in [6.07, 6.45) is -13.0. The summed E-state index contributed by atoms with van der Waals surface area (Å²) in [5.41, 5.74) is 0. The van der Waals surface area contributed by atoms with E-state index in [9.17, 15) is 74.6 Å². The quantitative estimate of drug-likeness (QED) is 0.328. The van der Waals surface area contributed by atoms with E-state index in [1.807, 2.05) is 0 Å². The van der Waals surface area contributed by atoms with Gasteiger partial charge in [-0.3, -0.25) is 0 Å². The Bertz CT molecular complexity index is 824. The summed E-state index contributed by atoms with van der Waals surface area (Å²) in [5, 5.41) is 8.98. The highest BCUT2D eigenvalue weighted by Gasteiger charge is 2.95. The molecule has 220 valence electrons. The minimum absolute atomic E-state index is 0.109. The average molecular weight is 590 g/mol. The number of hydrogen-bond donors (Lipinski definition) is 1. The zero-order valence-corrected chi connectivity index (χ0v) is 17.5. The maximum atomic E-state index is 14.2. The molecule has 0 aromatic carbocycles. The molecule has 2 aliphatic heterocycles. The molecule has 20 heteroatoms. The molecule has 0 amide bonds. The van der Waals surface area contributed by atoms with Gasteiger partial charge in [-0.1, -0.05) is 0 Å². The SMILES string of the molecule is OC[C@@H]1CC[C@H]2[C@@H](CC(F)(F)C(F)(F)C(F)(F)C(F)(F)C(F)(F)C(F)(F)C(F)(F)C(F)(F)F)CO[C@H]2O1. The molecule has 0 saturated carbocycles. The van der Waals surface area contributed by atoms with Crippen LogP contribution in [0, 0.1) is 11.8 Å². The molecule has 0 radical (unpaired) electrons. The zero-order valence-electron chi connectivity index (χ0n) is 17.5. The van der Waals surface area contributed by atoms with Gasteiger partial charge in [0.1, 0.15) is 0 Å². The van der Waals surface area contributed by atoms with E-state index in [2.05, 4.69) is 0 Å². The van der Waals surface area contributed by atoms with Gasteiger partial charge in [0.05, 0.1) is 19.3 Å². The van der Waals surface area contributed by atoms with E-state index < -0.39 is 91.5 Å². The molecule has 0 spiro atoms. The third kappa shape index (κ3) is 4.51. The summed E-state index contributed by atoms with van der Waals surface area (Å²) < 4.78 is 237. The van der Waals surface area contributed by atoms with E-state index in [1.165, 1.54) is 0 Å². The van der Waals surface area contributed by atoms with Crippen LogP contribution >= 0.6 is 0 Å². The van der Waals surface area contributed by atoms with Crippen molar-refractivity contribution in [3.63, 3.8) is 0 Å². The van der Waals surface area contributed by atoms with Crippen LogP contribution in [0.15, 0.2) is 0 Å². The molecule has 0 aromatic rings. The molecule has 0 bridgehead atoms. The minimum atomic E-state index is -8.64. The predicted molar refractivity (Wildman–Crippen MR) is 83.2 cm³/mol. The zero-order chi connectivity index (χ0) is 29.3. The highest BCUT2D eigenvalue weighted by atomic mass is 19.4. The van der Waals surface area contributed by atoms with E-state index in [1.54, 1.807) is 0 Å². The molecule has 2 fully saturated rings.